The summed E-state index contributed by atoms with van der Waals surface area (Å²) in [4.78, 5) is 26.8. The van der Waals surface area contributed by atoms with Crippen LogP contribution < -0.4 is 4.90 Å². The van der Waals surface area contributed by atoms with E-state index in [0.717, 1.165) is 12.8 Å². The summed E-state index contributed by atoms with van der Waals surface area (Å²) < 4.78 is 0. The first-order valence-corrected chi connectivity index (χ1v) is 7.84. The molecule has 4 atom stereocenters. The van der Waals surface area contributed by atoms with E-state index in [2.05, 4.69) is 12.2 Å². The molecular formula is C16H13Cl2NO2. The quantitative estimate of drug-likeness (QED) is 0.584. The maximum absolute atomic E-state index is 12.7. The number of carbonyl (C=O) groups is 2. The van der Waals surface area contributed by atoms with E-state index in [9.17, 15) is 9.59 Å². The maximum atomic E-state index is 12.7. The number of hydrogen-bond donors (Lipinski definition) is 0. The van der Waals surface area contributed by atoms with Gasteiger partial charge in [-0.25, -0.2) is 4.90 Å². The van der Waals surface area contributed by atoms with Crippen molar-refractivity contribution < 1.29 is 9.59 Å². The van der Waals surface area contributed by atoms with Gasteiger partial charge < -0.3 is 0 Å². The monoisotopic (exact) mass is 321 g/mol. The molecule has 2 fully saturated rings. The predicted octanol–water partition coefficient (Wildman–Crippen LogP) is 3.70. The van der Waals surface area contributed by atoms with E-state index < -0.39 is 0 Å². The minimum atomic E-state index is -0.198. The van der Waals surface area contributed by atoms with Gasteiger partial charge in [0.05, 0.1) is 27.6 Å². The number of imide groups is 1. The third kappa shape index (κ3) is 1.80. The molecule has 1 aliphatic heterocycles. The summed E-state index contributed by atoms with van der Waals surface area (Å²) in [5.74, 6) is -0.190. The molecule has 1 aromatic rings. The fraction of sp³-hybridized carbons (Fsp3) is 0.375. The Balaban J connectivity index is 1.76. The molecular weight excluding hydrogens is 309 g/mol. The molecule has 108 valence electrons. The van der Waals surface area contributed by atoms with E-state index in [1.54, 1.807) is 18.2 Å². The average molecular weight is 322 g/mol. The van der Waals surface area contributed by atoms with E-state index in [-0.39, 0.29) is 35.5 Å². The SMILES string of the molecule is O=C1[C@@H]2[C@H](C(=O)N1c1ccc(Cl)c(Cl)c1)[C@H]1C=C[C@H]2CC1. The largest absolute Gasteiger partial charge is 0.274 e. The summed E-state index contributed by atoms with van der Waals surface area (Å²) >= 11 is 11.9. The molecule has 1 saturated carbocycles. The molecule has 2 amide bonds. The first-order chi connectivity index (χ1) is 10.1. The number of carbonyl (C=O) groups excluding carboxylic acids is 2. The first-order valence-electron chi connectivity index (χ1n) is 7.09. The summed E-state index contributed by atoms with van der Waals surface area (Å²) in [5.41, 5.74) is 0.521. The molecule has 3 nitrogen and oxygen atoms in total. The zero-order valence-electron chi connectivity index (χ0n) is 11.1. The first kappa shape index (κ1) is 13.4. The van der Waals surface area contributed by atoms with Crippen LogP contribution in [0.15, 0.2) is 30.4 Å². The Kier molecular flexibility index (Phi) is 2.92. The van der Waals surface area contributed by atoms with Crippen molar-refractivity contribution in [3.05, 3.63) is 40.4 Å². The minimum Gasteiger partial charge on any atom is -0.274 e. The lowest BCUT2D eigenvalue weighted by Gasteiger charge is -2.38. The minimum absolute atomic E-state index is 0.0950. The number of allylic oxidation sites excluding steroid dienone is 2. The summed E-state index contributed by atoms with van der Waals surface area (Å²) in [7, 11) is 0. The van der Waals surface area contributed by atoms with Gasteiger partial charge in [-0.2, -0.15) is 0 Å². The van der Waals surface area contributed by atoms with Crippen LogP contribution >= 0.6 is 23.2 Å². The van der Waals surface area contributed by atoms with Crippen LogP contribution in [0.3, 0.4) is 0 Å². The van der Waals surface area contributed by atoms with Crippen LogP contribution in [-0.4, -0.2) is 11.8 Å². The normalized spacial score (nSPS) is 33.7. The highest BCUT2D eigenvalue weighted by Crippen LogP contribution is 2.50. The molecule has 5 rings (SSSR count). The molecule has 1 aromatic carbocycles. The van der Waals surface area contributed by atoms with Crippen molar-refractivity contribution in [3.63, 3.8) is 0 Å². The van der Waals surface area contributed by atoms with Gasteiger partial charge in [-0.1, -0.05) is 35.4 Å². The van der Waals surface area contributed by atoms with Crippen molar-refractivity contribution in [1.82, 2.24) is 0 Å². The third-order valence-electron chi connectivity index (χ3n) is 4.92. The molecule has 4 aliphatic rings. The Morgan fingerprint density at radius 2 is 1.48 bits per heavy atom. The second-order valence-corrected chi connectivity index (χ2v) is 6.77. The lowest BCUT2D eigenvalue weighted by atomic mass is 9.63. The highest BCUT2D eigenvalue weighted by Gasteiger charge is 2.56. The van der Waals surface area contributed by atoms with Gasteiger partial charge in [0, 0.05) is 0 Å². The Morgan fingerprint density at radius 3 is 1.95 bits per heavy atom. The van der Waals surface area contributed by atoms with Crippen LogP contribution in [0.1, 0.15) is 12.8 Å². The van der Waals surface area contributed by atoms with Crippen LogP contribution in [0, 0.1) is 23.7 Å². The van der Waals surface area contributed by atoms with Gasteiger partial charge in [-0.05, 0) is 42.9 Å². The van der Waals surface area contributed by atoms with E-state index in [1.807, 2.05) is 0 Å². The van der Waals surface area contributed by atoms with Crippen molar-refractivity contribution >= 4 is 40.7 Å². The zero-order chi connectivity index (χ0) is 14.7. The van der Waals surface area contributed by atoms with E-state index in [4.69, 9.17) is 23.2 Å². The number of nitrogens with zero attached hydrogens (tertiary/aromatic N) is 1. The van der Waals surface area contributed by atoms with Crippen LogP contribution in [-0.2, 0) is 9.59 Å². The van der Waals surface area contributed by atoms with Crippen molar-refractivity contribution in [2.75, 3.05) is 4.90 Å². The van der Waals surface area contributed by atoms with Gasteiger partial charge in [0.2, 0.25) is 11.8 Å². The second-order valence-electron chi connectivity index (χ2n) is 5.95. The number of anilines is 1. The van der Waals surface area contributed by atoms with Gasteiger partial charge in [0.25, 0.3) is 0 Å². The Labute approximate surface area is 132 Å². The van der Waals surface area contributed by atoms with Gasteiger partial charge in [0.1, 0.15) is 0 Å². The average Bonchev–Trinajstić information content (AvgIpc) is 2.78. The molecule has 5 heteroatoms. The number of rotatable bonds is 1. The number of amides is 2. The van der Waals surface area contributed by atoms with Gasteiger partial charge in [0.15, 0.2) is 0 Å². The molecule has 21 heavy (non-hydrogen) atoms. The van der Waals surface area contributed by atoms with E-state index >= 15 is 0 Å². The van der Waals surface area contributed by atoms with Crippen LogP contribution in [0.2, 0.25) is 10.0 Å². The number of benzene rings is 1. The standard InChI is InChI=1S/C16H13Cl2NO2/c17-11-6-5-10(7-12(11)18)19-15(20)13-8-1-2-9(4-3-8)14(13)16(19)21/h1-2,5-9,13-14H,3-4H2/t8-,9-,13-,14+/m0/s1. The summed E-state index contributed by atoms with van der Waals surface area (Å²) in [6.07, 6.45) is 6.21. The smallest absolute Gasteiger partial charge is 0.238 e. The number of fused-ring (bicyclic) bond motifs is 1. The third-order valence-corrected chi connectivity index (χ3v) is 5.66. The molecule has 2 bridgehead atoms. The Morgan fingerprint density at radius 1 is 0.905 bits per heavy atom. The van der Waals surface area contributed by atoms with Crippen LogP contribution in [0.4, 0.5) is 5.69 Å². The van der Waals surface area contributed by atoms with E-state index in [0.29, 0.717) is 15.7 Å². The lowest BCUT2D eigenvalue weighted by Crippen LogP contribution is -2.38. The molecule has 1 heterocycles. The van der Waals surface area contributed by atoms with Gasteiger partial charge >= 0.3 is 0 Å². The maximum Gasteiger partial charge on any atom is 0.238 e. The predicted molar refractivity (Wildman–Crippen MR) is 81.3 cm³/mol. The highest BCUT2D eigenvalue weighted by atomic mass is 35.5. The fourth-order valence-corrected chi connectivity index (χ4v) is 4.25. The molecule has 0 unspecified atom stereocenters. The summed E-state index contributed by atoms with van der Waals surface area (Å²) in [5, 5.41) is 0.768. The highest BCUT2D eigenvalue weighted by molar-refractivity contribution is 6.42. The molecule has 0 aromatic heterocycles. The summed E-state index contributed by atoms with van der Waals surface area (Å²) in [6.45, 7) is 0. The Hall–Kier alpha value is -1.32. The lowest BCUT2D eigenvalue weighted by molar-refractivity contribution is -0.124. The van der Waals surface area contributed by atoms with Crippen molar-refractivity contribution in [2.24, 2.45) is 23.7 Å². The van der Waals surface area contributed by atoms with Crippen molar-refractivity contribution in [3.8, 4) is 0 Å². The van der Waals surface area contributed by atoms with Crippen molar-refractivity contribution in [2.45, 2.75) is 12.8 Å². The topological polar surface area (TPSA) is 37.4 Å². The zero-order valence-corrected chi connectivity index (χ0v) is 12.6. The van der Waals surface area contributed by atoms with Gasteiger partial charge in [-0.3, -0.25) is 9.59 Å². The van der Waals surface area contributed by atoms with Gasteiger partial charge in [-0.15, -0.1) is 0 Å². The molecule has 0 radical (unpaired) electrons. The summed E-state index contributed by atoms with van der Waals surface area (Å²) in [6, 6.07) is 4.89. The molecule has 0 N–H and O–H groups in total. The molecule has 3 aliphatic carbocycles. The van der Waals surface area contributed by atoms with E-state index in [1.165, 1.54) is 4.90 Å². The number of halogens is 2. The number of hydrogen-bond acceptors (Lipinski definition) is 2. The van der Waals surface area contributed by atoms with Crippen LogP contribution in [0.5, 0.6) is 0 Å². The van der Waals surface area contributed by atoms with Crippen molar-refractivity contribution in [1.29, 1.82) is 0 Å². The molecule has 0 spiro atoms. The molecule has 1 saturated heterocycles. The fourth-order valence-electron chi connectivity index (χ4n) is 3.95. The second kappa shape index (κ2) is 4.59. The Bertz CT molecular complexity index is 653. The van der Waals surface area contributed by atoms with Crippen LogP contribution in [0.25, 0.3) is 0 Å².